The first-order valence-electron chi connectivity index (χ1n) is 8.16. The van der Waals surface area contributed by atoms with Gasteiger partial charge in [0.2, 0.25) is 5.78 Å². The molecule has 0 saturated carbocycles. The summed E-state index contributed by atoms with van der Waals surface area (Å²) in [5.74, 6) is 10.5. The predicted octanol–water partition coefficient (Wildman–Crippen LogP) is 4.65. The highest BCUT2D eigenvalue weighted by Gasteiger charge is 2.09. The summed E-state index contributed by atoms with van der Waals surface area (Å²) in [5, 5.41) is 0. The summed E-state index contributed by atoms with van der Waals surface area (Å²) in [6.45, 7) is 0. The molecule has 0 bridgehead atoms. The first-order chi connectivity index (χ1) is 12.7. The molecule has 0 saturated heterocycles. The SMILES string of the molecule is O=C(C#CCc1ccccc1)c1ccc(F)cc1C#Cc1ccccc1. The summed E-state index contributed by atoms with van der Waals surface area (Å²) >= 11 is 0. The molecule has 0 unspecified atom stereocenters. The van der Waals surface area contributed by atoms with Crippen molar-refractivity contribution in [1.29, 1.82) is 0 Å². The average molecular weight is 338 g/mol. The van der Waals surface area contributed by atoms with Crippen LogP contribution in [0.2, 0.25) is 0 Å². The van der Waals surface area contributed by atoms with Crippen LogP contribution < -0.4 is 0 Å². The number of halogens is 1. The highest BCUT2D eigenvalue weighted by molar-refractivity contribution is 6.10. The van der Waals surface area contributed by atoms with E-state index >= 15 is 0 Å². The Bertz CT molecular complexity index is 1030. The molecule has 0 radical (unpaired) electrons. The van der Waals surface area contributed by atoms with Crippen molar-refractivity contribution in [3.8, 4) is 23.7 Å². The van der Waals surface area contributed by atoms with Crippen molar-refractivity contribution in [2.75, 3.05) is 0 Å². The maximum atomic E-state index is 13.6. The van der Waals surface area contributed by atoms with E-state index in [4.69, 9.17) is 0 Å². The van der Waals surface area contributed by atoms with Crippen LogP contribution in [-0.2, 0) is 6.42 Å². The van der Waals surface area contributed by atoms with E-state index in [1.165, 1.54) is 18.2 Å². The standard InChI is InChI=1S/C24H15FO/c25-22-16-17-23(21(18-22)15-14-20-10-5-2-6-11-20)24(26)13-7-12-19-8-3-1-4-9-19/h1-6,8-11,16-18H,12H2. The molecule has 0 aromatic heterocycles. The zero-order chi connectivity index (χ0) is 18.2. The van der Waals surface area contributed by atoms with E-state index in [0.29, 0.717) is 17.5 Å². The fraction of sp³-hybridized carbons (Fsp3) is 0.0417. The van der Waals surface area contributed by atoms with E-state index < -0.39 is 5.82 Å². The number of carbonyl (C=O) groups is 1. The monoisotopic (exact) mass is 338 g/mol. The summed E-state index contributed by atoms with van der Waals surface area (Å²) in [6.07, 6.45) is 0.485. The Morgan fingerprint density at radius 1 is 0.846 bits per heavy atom. The molecule has 0 atom stereocenters. The molecule has 0 spiro atoms. The van der Waals surface area contributed by atoms with Gasteiger partial charge in [0.1, 0.15) is 5.82 Å². The van der Waals surface area contributed by atoms with Crippen LogP contribution >= 0.6 is 0 Å². The quantitative estimate of drug-likeness (QED) is 0.377. The molecule has 1 nitrogen and oxygen atoms in total. The molecule has 0 aliphatic rings. The van der Waals surface area contributed by atoms with Gasteiger partial charge in [0.15, 0.2) is 0 Å². The third kappa shape index (κ3) is 4.69. The zero-order valence-electron chi connectivity index (χ0n) is 14.0. The average Bonchev–Trinajstić information content (AvgIpc) is 2.68. The van der Waals surface area contributed by atoms with Crippen LogP contribution in [0.15, 0.2) is 78.9 Å². The summed E-state index contributed by atoms with van der Waals surface area (Å²) < 4.78 is 13.6. The largest absolute Gasteiger partial charge is 0.279 e. The van der Waals surface area contributed by atoms with Crippen molar-refractivity contribution in [1.82, 2.24) is 0 Å². The molecule has 26 heavy (non-hydrogen) atoms. The third-order valence-electron chi connectivity index (χ3n) is 3.68. The lowest BCUT2D eigenvalue weighted by Crippen LogP contribution is -2.00. The van der Waals surface area contributed by atoms with Crippen LogP contribution in [0.25, 0.3) is 0 Å². The number of carbonyl (C=O) groups excluding carboxylic acids is 1. The first kappa shape index (κ1) is 17.2. The molecular weight excluding hydrogens is 323 g/mol. The van der Waals surface area contributed by atoms with Crippen molar-refractivity contribution < 1.29 is 9.18 Å². The Balaban J connectivity index is 1.84. The number of benzene rings is 3. The Labute approximate surface area is 152 Å². The van der Waals surface area contributed by atoms with Gasteiger partial charge < -0.3 is 0 Å². The molecule has 0 fully saturated rings. The van der Waals surface area contributed by atoms with Gasteiger partial charge in [-0.1, -0.05) is 66.3 Å². The fourth-order valence-corrected chi connectivity index (χ4v) is 2.37. The zero-order valence-corrected chi connectivity index (χ0v) is 14.0. The fourth-order valence-electron chi connectivity index (χ4n) is 2.37. The number of hydrogen-bond acceptors (Lipinski definition) is 1. The Morgan fingerprint density at radius 3 is 2.27 bits per heavy atom. The smallest absolute Gasteiger partial charge is 0.237 e. The van der Waals surface area contributed by atoms with E-state index in [1.807, 2.05) is 60.7 Å². The second-order valence-electron chi connectivity index (χ2n) is 5.60. The molecule has 0 amide bonds. The highest BCUT2D eigenvalue weighted by atomic mass is 19.1. The van der Waals surface area contributed by atoms with Crippen LogP contribution in [-0.4, -0.2) is 5.78 Å². The number of rotatable bonds is 2. The first-order valence-corrected chi connectivity index (χ1v) is 8.16. The van der Waals surface area contributed by atoms with E-state index in [2.05, 4.69) is 23.7 Å². The minimum Gasteiger partial charge on any atom is -0.279 e. The topological polar surface area (TPSA) is 17.1 Å². The maximum absolute atomic E-state index is 13.6. The maximum Gasteiger partial charge on any atom is 0.237 e. The van der Waals surface area contributed by atoms with E-state index in [0.717, 1.165) is 11.1 Å². The van der Waals surface area contributed by atoms with Gasteiger partial charge in [-0.15, -0.1) is 0 Å². The number of ketones is 1. The highest BCUT2D eigenvalue weighted by Crippen LogP contribution is 2.12. The molecule has 0 N–H and O–H groups in total. The molecule has 3 aromatic carbocycles. The van der Waals surface area contributed by atoms with E-state index in [1.54, 1.807) is 0 Å². The normalized spacial score (nSPS) is 9.42. The predicted molar refractivity (Wildman–Crippen MR) is 101 cm³/mol. The van der Waals surface area contributed by atoms with Crippen LogP contribution in [0.3, 0.4) is 0 Å². The molecule has 3 rings (SSSR count). The molecule has 3 aromatic rings. The van der Waals surface area contributed by atoms with Crippen LogP contribution in [0.1, 0.15) is 27.0 Å². The van der Waals surface area contributed by atoms with Crippen molar-refractivity contribution in [3.63, 3.8) is 0 Å². The van der Waals surface area contributed by atoms with Gasteiger partial charge in [-0.2, -0.15) is 0 Å². The van der Waals surface area contributed by atoms with Crippen molar-refractivity contribution in [2.24, 2.45) is 0 Å². The number of Topliss-reactive ketones (excluding diaryl/α,β-unsaturated/α-hetero) is 1. The number of hydrogen-bond donors (Lipinski definition) is 0. The van der Waals surface area contributed by atoms with Crippen LogP contribution in [0.4, 0.5) is 4.39 Å². The minimum absolute atomic E-state index is 0.315. The van der Waals surface area contributed by atoms with Crippen molar-refractivity contribution in [2.45, 2.75) is 6.42 Å². The van der Waals surface area contributed by atoms with E-state index in [9.17, 15) is 9.18 Å². The Kier molecular flexibility index (Phi) is 5.61. The van der Waals surface area contributed by atoms with Crippen molar-refractivity contribution in [3.05, 3.63) is 107 Å². The lowest BCUT2D eigenvalue weighted by atomic mass is 10.0. The summed E-state index contributed by atoms with van der Waals surface area (Å²) in [7, 11) is 0. The van der Waals surface area contributed by atoms with Gasteiger partial charge in [0.05, 0.1) is 0 Å². The van der Waals surface area contributed by atoms with Gasteiger partial charge in [0.25, 0.3) is 0 Å². The molecule has 0 aliphatic carbocycles. The second-order valence-corrected chi connectivity index (χ2v) is 5.60. The van der Waals surface area contributed by atoms with Gasteiger partial charge in [0, 0.05) is 23.1 Å². The van der Waals surface area contributed by atoms with Crippen LogP contribution in [0.5, 0.6) is 0 Å². The summed E-state index contributed by atoms with van der Waals surface area (Å²) in [5.41, 5.74) is 2.49. The minimum atomic E-state index is -0.434. The third-order valence-corrected chi connectivity index (χ3v) is 3.68. The molecule has 0 aliphatic heterocycles. The van der Waals surface area contributed by atoms with E-state index in [-0.39, 0.29) is 5.78 Å². The Morgan fingerprint density at radius 2 is 1.54 bits per heavy atom. The molecule has 2 heteroatoms. The lowest BCUT2D eigenvalue weighted by molar-refractivity contribution is 0.105. The molecule has 0 heterocycles. The van der Waals surface area contributed by atoms with Crippen molar-refractivity contribution >= 4 is 5.78 Å². The van der Waals surface area contributed by atoms with Gasteiger partial charge in [-0.05, 0) is 41.8 Å². The van der Waals surface area contributed by atoms with Gasteiger partial charge in [-0.3, -0.25) is 4.79 Å². The van der Waals surface area contributed by atoms with Gasteiger partial charge >= 0.3 is 0 Å². The summed E-state index contributed by atoms with van der Waals surface area (Å²) in [4.78, 5) is 12.4. The summed E-state index contributed by atoms with van der Waals surface area (Å²) in [6, 6.07) is 23.0. The van der Waals surface area contributed by atoms with Gasteiger partial charge in [-0.25, -0.2) is 4.39 Å². The second kappa shape index (κ2) is 8.47. The van der Waals surface area contributed by atoms with Crippen LogP contribution in [0, 0.1) is 29.5 Å². The molecule has 124 valence electrons. The Hall–Kier alpha value is -3.62. The lowest BCUT2D eigenvalue weighted by Gasteiger charge is -1.99. The molecular formula is C24H15FO.